The predicted molar refractivity (Wildman–Crippen MR) is 119 cm³/mol. The second-order valence-electron chi connectivity index (χ2n) is 6.42. The molecule has 0 unspecified atom stereocenters. The second-order valence-corrected chi connectivity index (χ2v) is 8.21. The average Bonchev–Trinajstić information content (AvgIpc) is 3.43. The highest BCUT2D eigenvalue weighted by atomic mass is 79.9. The normalized spacial score (nSPS) is 10.9. The number of ketones is 1. The number of hydrogen-bond acceptors (Lipinski definition) is 6. The van der Waals surface area contributed by atoms with Gasteiger partial charge < -0.3 is 9.15 Å². The Hall–Kier alpha value is -2.84. The van der Waals surface area contributed by atoms with Gasteiger partial charge in [-0.05, 0) is 51.8 Å². The molecule has 4 aromatic rings. The highest BCUT2D eigenvalue weighted by molar-refractivity contribution is 9.10. The predicted octanol–water partition coefficient (Wildman–Crippen LogP) is 5.33. The number of Topliss-reactive ketones (excluding diaryl/α,β-unsaturated/α-hetero) is 1. The lowest BCUT2D eigenvalue weighted by atomic mass is 10.1. The van der Waals surface area contributed by atoms with Gasteiger partial charge in [-0.3, -0.25) is 9.36 Å². The van der Waals surface area contributed by atoms with Crippen LogP contribution in [0, 0.1) is 0 Å². The van der Waals surface area contributed by atoms with Crippen LogP contribution in [-0.2, 0) is 6.54 Å². The average molecular weight is 484 g/mol. The lowest BCUT2D eigenvalue weighted by molar-refractivity contribution is 0.102. The van der Waals surface area contributed by atoms with Crippen LogP contribution in [0.25, 0.3) is 11.6 Å². The third kappa shape index (κ3) is 4.49. The number of benzene rings is 2. The summed E-state index contributed by atoms with van der Waals surface area (Å²) in [5, 5.41) is 9.28. The summed E-state index contributed by atoms with van der Waals surface area (Å²) in [6.45, 7) is 0.578. The number of methoxy groups -OCH3 is 1. The van der Waals surface area contributed by atoms with Gasteiger partial charge in [-0.2, -0.15) is 0 Å². The summed E-state index contributed by atoms with van der Waals surface area (Å²) >= 11 is 4.78. The van der Waals surface area contributed by atoms with E-state index in [-0.39, 0.29) is 11.5 Å². The van der Waals surface area contributed by atoms with Gasteiger partial charge in [-0.25, -0.2) is 0 Å². The zero-order valence-corrected chi connectivity index (χ0v) is 18.5. The summed E-state index contributed by atoms with van der Waals surface area (Å²) in [7, 11) is 1.59. The first-order valence-corrected chi connectivity index (χ1v) is 10.9. The largest absolute Gasteiger partial charge is 0.496 e. The monoisotopic (exact) mass is 483 g/mol. The molecule has 2 aromatic carbocycles. The van der Waals surface area contributed by atoms with E-state index in [1.165, 1.54) is 11.8 Å². The minimum absolute atomic E-state index is 0.00263. The van der Waals surface area contributed by atoms with Crippen molar-refractivity contribution in [3.05, 3.63) is 82.5 Å². The molecule has 0 N–H and O–H groups in total. The maximum absolute atomic E-state index is 12.7. The van der Waals surface area contributed by atoms with Gasteiger partial charge in [0, 0.05) is 5.56 Å². The smallest absolute Gasteiger partial charge is 0.200 e. The summed E-state index contributed by atoms with van der Waals surface area (Å²) in [6, 6.07) is 19.0. The Balaban J connectivity index is 1.56. The molecule has 0 atom stereocenters. The van der Waals surface area contributed by atoms with E-state index in [1.54, 1.807) is 31.6 Å². The number of carbonyl (C=O) groups is 1. The minimum atomic E-state index is -0.00263. The number of thioether (sulfide) groups is 1. The molecule has 30 heavy (non-hydrogen) atoms. The van der Waals surface area contributed by atoms with Crippen molar-refractivity contribution in [2.75, 3.05) is 12.9 Å². The zero-order chi connectivity index (χ0) is 20.9. The number of nitrogens with zero attached hydrogens (tertiary/aromatic N) is 3. The Morgan fingerprint density at radius 1 is 1.13 bits per heavy atom. The molecule has 0 saturated carbocycles. The fourth-order valence-corrected chi connectivity index (χ4v) is 4.32. The topological polar surface area (TPSA) is 70.2 Å². The Labute approximate surface area is 186 Å². The molecule has 4 rings (SSSR count). The number of ether oxygens (including phenoxy) is 1. The van der Waals surface area contributed by atoms with Crippen LogP contribution in [0.5, 0.6) is 5.75 Å². The Bertz CT molecular complexity index is 1140. The van der Waals surface area contributed by atoms with Crippen molar-refractivity contribution in [3.8, 4) is 17.3 Å². The molecular weight excluding hydrogens is 466 g/mol. The third-order valence-electron chi connectivity index (χ3n) is 4.45. The molecule has 8 heteroatoms. The van der Waals surface area contributed by atoms with Gasteiger partial charge >= 0.3 is 0 Å². The van der Waals surface area contributed by atoms with E-state index in [1.807, 2.05) is 47.0 Å². The summed E-state index contributed by atoms with van der Waals surface area (Å²) in [4.78, 5) is 12.7. The third-order valence-corrected chi connectivity index (χ3v) is 6.03. The van der Waals surface area contributed by atoms with Crippen LogP contribution in [0.3, 0.4) is 0 Å². The summed E-state index contributed by atoms with van der Waals surface area (Å²) in [6.07, 6.45) is 1.61. The van der Waals surface area contributed by atoms with E-state index in [0.29, 0.717) is 34.6 Å². The Kier molecular flexibility index (Phi) is 6.35. The first kappa shape index (κ1) is 20.4. The van der Waals surface area contributed by atoms with E-state index in [4.69, 9.17) is 9.15 Å². The molecule has 0 aliphatic heterocycles. The van der Waals surface area contributed by atoms with Crippen LogP contribution in [0.15, 0.2) is 81.0 Å². The van der Waals surface area contributed by atoms with Gasteiger partial charge in [0.25, 0.3) is 0 Å². The molecule has 2 aromatic heterocycles. The molecule has 0 amide bonds. The standard InChI is InChI=1S/C22H18BrN3O3S/c1-28-19-10-9-16(12-17(19)23)18(27)14-30-22-25-24-21(20-8-5-11-29-20)26(22)13-15-6-3-2-4-7-15/h2-12H,13-14H2,1H3. The summed E-state index contributed by atoms with van der Waals surface area (Å²) in [5.41, 5.74) is 1.72. The van der Waals surface area contributed by atoms with Gasteiger partial charge in [-0.1, -0.05) is 42.1 Å². The lowest BCUT2D eigenvalue weighted by Crippen LogP contribution is -2.07. The second kappa shape index (κ2) is 9.32. The van der Waals surface area contributed by atoms with Gasteiger partial charge in [-0.15, -0.1) is 10.2 Å². The maximum atomic E-state index is 12.7. The molecule has 0 aliphatic carbocycles. The van der Waals surface area contributed by atoms with E-state index >= 15 is 0 Å². The van der Waals surface area contributed by atoms with Crippen LogP contribution >= 0.6 is 27.7 Å². The van der Waals surface area contributed by atoms with Crippen LogP contribution < -0.4 is 4.74 Å². The zero-order valence-electron chi connectivity index (χ0n) is 16.1. The number of furan rings is 1. The van der Waals surface area contributed by atoms with Gasteiger partial charge in [0.05, 0.1) is 30.1 Å². The Morgan fingerprint density at radius 3 is 2.67 bits per heavy atom. The number of carbonyl (C=O) groups excluding carboxylic acids is 1. The highest BCUT2D eigenvalue weighted by Gasteiger charge is 2.18. The van der Waals surface area contributed by atoms with Crippen LogP contribution in [-0.4, -0.2) is 33.4 Å². The van der Waals surface area contributed by atoms with Crippen LogP contribution in [0.2, 0.25) is 0 Å². The number of halogens is 1. The molecular formula is C22H18BrN3O3S. The molecule has 6 nitrogen and oxygen atoms in total. The molecule has 0 spiro atoms. The van der Waals surface area contributed by atoms with Crippen molar-refractivity contribution in [1.29, 1.82) is 0 Å². The van der Waals surface area contributed by atoms with E-state index < -0.39 is 0 Å². The van der Waals surface area contributed by atoms with Gasteiger partial charge in [0.2, 0.25) is 5.82 Å². The van der Waals surface area contributed by atoms with Crippen LogP contribution in [0.4, 0.5) is 0 Å². The molecule has 0 fully saturated rings. The first-order chi connectivity index (χ1) is 14.7. The van der Waals surface area contributed by atoms with Crippen molar-refractivity contribution in [2.24, 2.45) is 0 Å². The van der Waals surface area contributed by atoms with Crippen molar-refractivity contribution >= 4 is 33.5 Å². The van der Waals surface area contributed by atoms with E-state index in [2.05, 4.69) is 26.1 Å². The Morgan fingerprint density at radius 2 is 1.97 bits per heavy atom. The van der Waals surface area contributed by atoms with Crippen molar-refractivity contribution < 1.29 is 13.9 Å². The number of rotatable bonds is 8. The summed E-state index contributed by atoms with van der Waals surface area (Å²) in [5.74, 6) is 2.19. The number of hydrogen-bond donors (Lipinski definition) is 0. The SMILES string of the molecule is COc1ccc(C(=O)CSc2nnc(-c3ccco3)n2Cc2ccccc2)cc1Br. The highest BCUT2D eigenvalue weighted by Crippen LogP contribution is 2.28. The van der Waals surface area contributed by atoms with Crippen molar-refractivity contribution in [1.82, 2.24) is 14.8 Å². The van der Waals surface area contributed by atoms with Crippen molar-refractivity contribution in [3.63, 3.8) is 0 Å². The first-order valence-electron chi connectivity index (χ1n) is 9.16. The fourth-order valence-electron chi connectivity index (χ4n) is 2.95. The maximum Gasteiger partial charge on any atom is 0.200 e. The van der Waals surface area contributed by atoms with Gasteiger partial charge in [0.1, 0.15) is 5.75 Å². The van der Waals surface area contributed by atoms with E-state index in [9.17, 15) is 4.79 Å². The number of aromatic nitrogens is 3. The molecule has 0 aliphatic rings. The molecule has 2 heterocycles. The lowest BCUT2D eigenvalue weighted by Gasteiger charge is -2.09. The quantitative estimate of drug-likeness (QED) is 0.249. The van der Waals surface area contributed by atoms with Gasteiger partial charge in [0.15, 0.2) is 16.7 Å². The van der Waals surface area contributed by atoms with Crippen molar-refractivity contribution in [2.45, 2.75) is 11.7 Å². The molecule has 0 radical (unpaired) electrons. The van der Waals surface area contributed by atoms with E-state index in [0.717, 1.165) is 10.0 Å². The van der Waals surface area contributed by atoms with Crippen LogP contribution in [0.1, 0.15) is 15.9 Å². The molecule has 152 valence electrons. The molecule has 0 bridgehead atoms. The molecule has 0 saturated heterocycles. The minimum Gasteiger partial charge on any atom is -0.496 e. The summed E-state index contributed by atoms with van der Waals surface area (Å²) < 4.78 is 13.5. The fraction of sp³-hybridized carbons (Fsp3) is 0.136.